The molecule has 2 unspecified atom stereocenters. The van der Waals surface area contributed by atoms with E-state index >= 15 is 0 Å². The molecule has 0 bridgehead atoms. The number of carbonyl (C=O) groups is 2. The first-order valence-electron chi connectivity index (χ1n) is 15.5. The summed E-state index contributed by atoms with van der Waals surface area (Å²) in [5.74, 6) is -0.278. The summed E-state index contributed by atoms with van der Waals surface area (Å²) in [6.45, 7) is 8.41. The molecule has 2 rings (SSSR count). The van der Waals surface area contributed by atoms with Gasteiger partial charge in [0.1, 0.15) is 12.2 Å². The van der Waals surface area contributed by atoms with Crippen LogP contribution in [0.25, 0.3) is 12.2 Å². The molecule has 6 heteroatoms. The van der Waals surface area contributed by atoms with E-state index in [2.05, 4.69) is 13.8 Å². The number of rotatable bonds is 18. The Kier molecular flexibility index (Phi) is 20.0. The monoisotopic (exact) mass is 580 g/mol. The highest BCUT2D eigenvalue weighted by Gasteiger charge is 2.18. The van der Waals surface area contributed by atoms with E-state index in [9.17, 15) is 9.59 Å². The van der Waals surface area contributed by atoms with Crippen LogP contribution in [-0.2, 0) is 28.5 Å². The molecule has 0 aliphatic rings. The first kappa shape index (κ1) is 36.5. The fourth-order valence-corrected chi connectivity index (χ4v) is 4.16. The van der Waals surface area contributed by atoms with Gasteiger partial charge in [0.25, 0.3) is 0 Å². The summed E-state index contributed by atoms with van der Waals surface area (Å²) in [6, 6.07) is 19.2. The van der Waals surface area contributed by atoms with Crippen LogP contribution in [0.3, 0.4) is 0 Å². The topological polar surface area (TPSA) is 71.1 Å². The van der Waals surface area contributed by atoms with Gasteiger partial charge in [-0.05, 0) is 61.8 Å². The third-order valence-electron chi connectivity index (χ3n) is 6.75. The first-order valence-corrected chi connectivity index (χ1v) is 15.5. The second-order valence-electron chi connectivity index (χ2n) is 10.1. The van der Waals surface area contributed by atoms with Gasteiger partial charge in [-0.15, -0.1) is 0 Å². The van der Waals surface area contributed by atoms with E-state index in [1.807, 2.05) is 74.5 Å². The van der Waals surface area contributed by atoms with Crippen LogP contribution in [0.4, 0.5) is 0 Å². The molecular formula is C36H52O6. The number of hydrogen-bond donors (Lipinski definition) is 0. The van der Waals surface area contributed by atoms with Crippen LogP contribution in [0.5, 0.6) is 0 Å². The van der Waals surface area contributed by atoms with Crippen LogP contribution >= 0.6 is 0 Å². The van der Waals surface area contributed by atoms with Crippen molar-refractivity contribution in [1.82, 2.24) is 0 Å². The number of methoxy groups -OCH3 is 2. The highest BCUT2D eigenvalue weighted by Crippen LogP contribution is 2.16. The van der Waals surface area contributed by atoms with Crippen molar-refractivity contribution < 1.29 is 28.5 Å². The normalized spacial score (nSPS) is 12.8. The van der Waals surface area contributed by atoms with Crippen molar-refractivity contribution in [2.75, 3.05) is 14.2 Å². The van der Waals surface area contributed by atoms with E-state index in [1.54, 1.807) is 12.2 Å². The van der Waals surface area contributed by atoms with Gasteiger partial charge >= 0.3 is 11.9 Å². The van der Waals surface area contributed by atoms with Gasteiger partial charge in [-0.25, -0.2) is 9.59 Å². The molecule has 42 heavy (non-hydrogen) atoms. The molecule has 0 saturated carbocycles. The van der Waals surface area contributed by atoms with Crippen molar-refractivity contribution in [3.05, 3.63) is 83.3 Å². The predicted octanol–water partition coefficient (Wildman–Crippen LogP) is 9.15. The van der Waals surface area contributed by atoms with E-state index in [0.29, 0.717) is 0 Å². The molecule has 0 radical (unpaired) electrons. The Balaban J connectivity index is 0.000000420. The van der Waals surface area contributed by atoms with Crippen molar-refractivity contribution in [1.29, 1.82) is 0 Å². The number of unbranched alkanes of at least 4 members (excludes halogenated alkanes) is 4. The average molecular weight is 581 g/mol. The minimum atomic E-state index is -0.385. The number of hydrogen-bond acceptors (Lipinski definition) is 6. The molecule has 232 valence electrons. The van der Waals surface area contributed by atoms with Crippen LogP contribution in [0.15, 0.2) is 72.2 Å². The maximum absolute atomic E-state index is 12.2. The van der Waals surface area contributed by atoms with Crippen molar-refractivity contribution in [2.45, 2.75) is 104 Å². The molecule has 0 N–H and O–H groups in total. The highest BCUT2D eigenvalue weighted by molar-refractivity contribution is 5.92. The Hall–Kier alpha value is -3.54. The summed E-state index contributed by atoms with van der Waals surface area (Å²) in [6.07, 6.45) is 13.7. The Morgan fingerprint density at radius 1 is 0.595 bits per heavy atom. The zero-order chi connectivity index (χ0) is 31.0. The van der Waals surface area contributed by atoms with Crippen LogP contribution < -0.4 is 0 Å². The largest absolute Gasteiger partial charge is 0.490 e. The van der Waals surface area contributed by atoms with Crippen molar-refractivity contribution in [2.24, 2.45) is 0 Å². The number of carbonyl (C=O) groups excluding carboxylic acids is 2. The van der Waals surface area contributed by atoms with E-state index in [1.165, 1.54) is 39.9 Å². The highest BCUT2D eigenvalue weighted by atomic mass is 16.6. The van der Waals surface area contributed by atoms with Gasteiger partial charge in [0.15, 0.2) is 0 Å². The molecule has 0 spiro atoms. The summed E-state index contributed by atoms with van der Waals surface area (Å²) in [5, 5.41) is 0. The molecule has 0 aliphatic heterocycles. The summed E-state index contributed by atoms with van der Waals surface area (Å²) < 4.78 is 21.4. The second kappa shape index (κ2) is 23.1. The van der Waals surface area contributed by atoms with Gasteiger partial charge in [-0.2, -0.15) is 0 Å². The number of esters is 2. The van der Waals surface area contributed by atoms with E-state index in [4.69, 9.17) is 18.9 Å². The summed E-state index contributed by atoms with van der Waals surface area (Å²) in [5.41, 5.74) is 1.84. The van der Waals surface area contributed by atoms with Gasteiger partial charge in [0, 0.05) is 0 Å². The predicted molar refractivity (Wildman–Crippen MR) is 171 cm³/mol. The molecule has 2 aromatic carbocycles. The molecule has 0 saturated heterocycles. The van der Waals surface area contributed by atoms with E-state index in [-0.39, 0.29) is 35.7 Å². The lowest BCUT2D eigenvalue weighted by Gasteiger charge is -2.16. The average Bonchev–Trinajstić information content (AvgIpc) is 3.02. The fourth-order valence-electron chi connectivity index (χ4n) is 4.16. The lowest BCUT2D eigenvalue weighted by Crippen LogP contribution is -2.19. The fraction of sp³-hybridized carbons (Fsp3) is 0.500. The van der Waals surface area contributed by atoms with Crippen molar-refractivity contribution in [3.63, 3.8) is 0 Å². The maximum Gasteiger partial charge on any atom is 0.373 e. The van der Waals surface area contributed by atoms with Crippen LogP contribution in [0, 0.1) is 0 Å². The molecule has 2 atom stereocenters. The summed E-state index contributed by atoms with van der Waals surface area (Å²) >= 11 is 0. The van der Waals surface area contributed by atoms with Gasteiger partial charge in [0.2, 0.25) is 11.5 Å². The standard InChI is InChI=1S/2C18H26O3/c2*1-4-6-8-13-16(5-2)21-18(19)17(20-3)14-15-11-9-7-10-12-15/h2*7,9-12,14,16H,4-6,8,13H2,1-3H3. The molecule has 0 amide bonds. The first-order chi connectivity index (χ1) is 20.4. The van der Waals surface area contributed by atoms with Crippen LogP contribution in [-0.4, -0.2) is 38.4 Å². The van der Waals surface area contributed by atoms with Gasteiger partial charge in [-0.3, -0.25) is 0 Å². The Labute approximate surface area is 254 Å². The quantitative estimate of drug-likeness (QED) is 0.0758. The molecule has 0 heterocycles. The van der Waals surface area contributed by atoms with Gasteiger partial charge in [-0.1, -0.05) is 114 Å². The Morgan fingerprint density at radius 3 is 1.24 bits per heavy atom. The minimum Gasteiger partial charge on any atom is -0.490 e. The Bertz CT molecular complexity index is 960. The van der Waals surface area contributed by atoms with Crippen molar-refractivity contribution >= 4 is 24.1 Å². The number of benzene rings is 2. The zero-order valence-corrected chi connectivity index (χ0v) is 26.6. The molecule has 0 fully saturated rings. The molecule has 6 nitrogen and oxygen atoms in total. The maximum atomic E-state index is 12.2. The third-order valence-corrected chi connectivity index (χ3v) is 6.75. The smallest absolute Gasteiger partial charge is 0.373 e. The van der Waals surface area contributed by atoms with E-state index in [0.717, 1.165) is 49.7 Å². The second-order valence-corrected chi connectivity index (χ2v) is 10.1. The number of ether oxygens (including phenoxy) is 4. The lowest BCUT2D eigenvalue weighted by atomic mass is 10.1. The van der Waals surface area contributed by atoms with Gasteiger partial charge < -0.3 is 18.9 Å². The van der Waals surface area contributed by atoms with Gasteiger partial charge in [0.05, 0.1) is 14.2 Å². The molecule has 0 aromatic heterocycles. The minimum absolute atomic E-state index is 0.0293. The Morgan fingerprint density at radius 2 is 0.952 bits per heavy atom. The zero-order valence-electron chi connectivity index (χ0n) is 26.6. The van der Waals surface area contributed by atoms with Crippen LogP contribution in [0.2, 0.25) is 0 Å². The lowest BCUT2D eigenvalue weighted by molar-refractivity contribution is -0.149. The van der Waals surface area contributed by atoms with Crippen molar-refractivity contribution in [3.8, 4) is 0 Å². The molecule has 0 aliphatic carbocycles. The molecular weight excluding hydrogens is 528 g/mol. The van der Waals surface area contributed by atoms with E-state index < -0.39 is 0 Å². The summed E-state index contributed by atoms with van der Waals surface area (Å²) in [7, 11) is 2.99. The molecule has 2 aromatic rings. The summed E-state index contributed by atoms with van der Waals surface area (Å²) in [4.78, 5) is 24.3. The van der Waals surface area contributed by atoms with Crippen LogP contribution in [0.1, 0.15) is 103 Å². The SMILES string of the molecule is CCCCCC(CC)OC(=O)C(=Cc1ccccc1)OC.CCCCCC(CC)OC(=O)C(=Cc1ccccc1)OC. The third kappa shape index (κ3) is 15.5.